The molecule has 0 aliphatic rings. The monoisotopic (exact) mass is 232 g/mol. The van der Waals surface area contributed by atoms with Crippen LogP contribution in [-0.4, -0.2) is 35.8 Å². The molecule has 14 heavy (non-hydrogen) atoms. The van der Waals surface area contributed by atoms with E-state index in [1.54, 1.807) is 0 Å². The van der Waals surface area contributed by atoms with Gasteiger partial charge in [0.25, 0.3) is 0 Å². The van der Waals surface area contributed by atoms with Gasteiger partial charge in [0, 0.05) is 0 Å². The Kier molecular flexibility index (Phi) is 47.6. The van der Waals surface area contributed by atoms with Gasteiger partial charge in [-0.15, -0.1) is 0 Å². The van der Waals surface area contributed by atoms with Gasteiger partial charge in [0.15, 0.2) is 0 Å². The molecule has 0 saturated carbocycles. The standard InChI is InChI=1S/3CH2O3.Al.Na/c3*2-1(3)4;;/h3*(H2,2,3,4);;/q;;;+3;+1/p-4. The van der Waals surface area contributed by atoms with Crippen molar-refractivity contribution in [1.82, 2.24) is 0 Å². The summed E-state index contributed by atoms with van der Waals surface area (Å²) < 4.78 is 0. The van der Waals surface area contributed by atoms with Crippen LogP contribution in [0.25, 0.3) is 0 Å². The summed E-state index contributed by atoms with van der Waals surface area (Å²) >= 11 is 0. The van der Waals surface area contributed by atoms with E-state index < -0.39 is 18.5 Å². The van der Waals surface area contributed by atoms with Gasteiger partial charge in [-0.3, -0.25) is 0 Å². The van der Waals surface area contributed by atoms with Crippen molar-refractivity contribution in [1.29, 1.82) is 0 Å². The molecule has 0 fully saturated rings. The van der Waals surface area contributed by atoms with Gasteiger partial charge in [-0.25, -0.2) is 0 Å². The molecule has 0 bridgehead atoms. The first kappa shape index (κ1) is 29.2. The third-order valence-electron chi connectivity index (χ3n) is 0. The zero-order valence-electron chi connectivity index (χ0n) is 8.75. The Bertz CT molecular complexity index is 126. The van der Waals surface area contributed by atoms with Crippen LogP contribution in [0.3, 0.4) is 0 Å². The fraction of sp³-hybridized carbons (Fsp3) is 0. The van der Waals surface area contributed by atoms with Gasteiger partial charge in [0.2, 0.25) is 0 Å². The molecule has 0 aliphatic carbocycles. The van der Waals surface area contributed by atoms with E-state index in [-0.39, 0.29) is 49.8 Å². The van der Waals surface area contributed by atoms with Crippen LogP contribution in [0.15, 0.2) is 0 Å². The molecule has 11 heteroatoms. The van der Waals surface area contributed by atoms with Gasteiger partial charge in [0.05, 0.1) is 0 Å². The van der Waals surface area contributed by atoms with Crippen LogP contribution in [0, 0.1) is 0 Å². The van der Waals surface area contributed by atoms with E-state index in [1.807, 2.05) is 0 Å². The van der Waals surface area contributed by atoms with Crippen molar-refractivity contribution < 1.29 is 77.4 Å². The second-order valence-electron chi connectivity index (χ2n) is 0.750. The first-order valence-corrected chi connectivity index (χ1v) is 1.84. The first-order chi connectivity index (χ1) is 5.20. The summed E-state index contributed by atoms with van der Waals surface area (Å²) in [5, 5.41) is 50.0. The average molecular weight is 232 g/mol. The Balaban J connectivity index is -0.0000000135. The molecule has 0 aromatic heterocycles. The first-order valence-electron chi connectivity index (χ1n) is 1.84. The third-order valence-corrected chi connectivity index (χ3v) is 0. The topological polar surface area (TPSA) is 190 Å². The second-order valence-corrected chi connectivity index (χ2v) is 0.750. The molecule has 0 radical (unpaired) electrons. The van der Waals surface area contributed by atoms with Crippen molar-refractivity contribution >= 4 is 35.8 Å². The number of hydrogen-bond donors (Lipinski definition) is 0. The summed E-state index contributed by atoms with van der Waals surface area (Å²) in [4.78, 5) is 25.0. The van der Waals surface area contributed by atoms with Gasteiger partial charge in [-0.1, -0.05) is 0 Å². The summed E-state index contributed by atoms with van der Waals surface area (Å²) in [5.74, 6) is 0. The summed E-state index contributed by atoms with van der Waals surface area (Å²) in [6.07, 6.45) is -7.00. The zero-order valence-corrected chi connectivity index (χ0v) is 9.91. The van der Waals surface area contributed by atoms with E-state index in [0.717, 1.165) is 0 Å². The Morgan fingerprint density at radius 3 is 0.643 bits per heavy atom. The van der Waals surface area contributed by atoms with Crippen LogP contribution in [0.4, 0.5) is 14.4 Å². The molecule has 0 amide bonds. The van der Waals surface area contributed by atoms with Crippen molar-refractivity contribution in [3.8, 4) is 0 Å². The SMILES string of the molecule is O=C([O-])[O-].O=C([O-])[O-].O=C([O-])[O-].[Al+3].[H+].[H+].[Na+]. The largest absolute Gasteiger partial charge is 3.00 e. The van der Waals surface area contributed by atoms with Crippen molar-refractivity contribution in [3.63, 3.8) is 0 Å². The van der Waals surface area contributed by atoms with Crippen LogP contribution in [0.5, 0.6) is 0 Å². The van der Waals surface area contributed by atoms with Gasteiger partial charge in [-0.05, 0) is 18.5 Å². The smallest absolute Gasteiger partial charge is 0.652 e. The van der Waals surface area contributed by atoms with Crippen LogP contribution >= 0.6 is 0 Å². The second kappa shape index (κ2) is 22.8. The van der Waals surface area contributed by atoms with Crippen molar-refractivity contribution in [3.05, 3.63) is 0 Å². The average Bonchev–Trinajstić information content (AvgIpc) is 1.54. The number of hydrogen-bond acceptors (Lipinski definition) is 9. The summed E-state index contributed by atoms with van der Waals surface area (Å²) in [6, 6.07) is 0. The third kappa shape index (κ3) is 2810. The van der Waals surface area contributed by atoms with Crippen molar-refractivity contribution in [2.75, 3.05) is 0 Å². The van der Waals surface area contributed by atoms with E-state index in [0.29, 0.717) is 0 Å². The molecule has 0 atom stereocenters. The van der Waals surface area contributed by atoms with Gasteiger partial charge in [0.1, 0.15) is 0 Å². The Morgan fingerprint density at radius 1 is 0.643 bits per heavy atom. The summed E-state index contributed by atoms with van der Waals surface area (Å²) in [7, 11) is 0. The normalized spacial score (nSPS) is 5.14. The fourth-order valence-corrected chi connectivity index (χ4v) is 0. The van der Waals surface area contributed by atoms with Gasteiger partial charge < -0.3 is 45.0 Å². The van der Waals surface area contributed by atoms with Gasteiger partial charge >= 0.3 is 49.8 Å². The number of rotatable bonds is 0. The minimum absolute atomic E-state index is 0. The molecule has 0 aromatic carbocycles. The zero-order chi connectivity index (χ0) is 10.7. The van der Waals surface area contributed by atoms with E-state index in [4.69, 9.17) is 45.0 Å². The van der Waals surface area contributed by atoms with E-state index >= 15 is 0 Å². The maximum atomic E-state index is 8.33. The molecule has 0 unspecified atom stereocenters. The molecule has 0 heterocycles. The molecule has 0 aromatic rings. The van der Waals surface area contributed by atoms with Crippen LogP contribution in [0.2, 0.25) is 0 Å². The maximum absolute atomic E-state index is 8.33. The van der Waals surface area contributed by atoms with E-state index in [1.165, 1.54) is 0 Å². The Labute approximate surface area is 113 Å². The fourth-order valence-electron chi connectivity index (χ4n) is 0. The summed E-state index contributed by atoms with van der Waals surface area (Å²) in [6.45, 7) is 0. The molecule has 0 spiro atoms. The molecule has 72 valence electrons. The van der Waals surface area contributed by atoms with Crippen LogP contribution in [0.1, 0.15) is 2.85 Å². The molecule has 0 aliphatic heterocycles. The predicted octanol–water partition coefficient (Wildman–Crippen LogP) is -10.5. The Hall–Kier alpha value is -0.658. The predicted molar refractivity (Wildman–Crippen MR) is 24.2 cm³/mol. The number of carbonyl (C=O) groups excluding carboxylic acids is 3. The Morgan fingerprint density at radius 2 is 0.643 bits per heavy atom. The van der Waals surface area contributed by atoms with Crippen LogP contribution in [-0.2, 0) is 0 Å². The minimum Gasteiger partial charge on any atom is -0.652 e. The van der Waals surface area contributed by atoms with Crippen molar-refractivity contribution in [2.24, 2.45) is 0 Å². The number of carboxylic acid groups (broad SMARTS) is 6. The quantitative estimate of drug-likeness (QED) is 0.364. The minimum atomic E-state index is -2.33. The molecule has 0 saturated heterocycles. The molecule has 0 rings (SSSR count). The van der Waals surface area contributed by atoms with Gasteiger partial charge in [-0.2, -0.15) is 0 Å². The van der Waals surface area contributed by atoms with Crippen LogP contribution < -0.4 is 60.2 Å². The van der Waals surface area contributed by atoms with E-state index in [9.17, 15) is 0 Å². The number of carbonyl (C=O) groups is 3. The molecular weight excluding hydrogens is 230 g/mol. The van der Waals surface area contributed by atoms with Crippen molar-refractivity contribution in [2.45, 2.75) is 0 Å². The maximum Gasteiger partial charge on any atom is 3.00 e. The van der Waals surface area contributed by atoms with E-state index in [2.05, 4.69) is 0 Å². The summed E-state index contributed by atoms with van der Waals surface area (Å²) in [5.41, 5.74) is 0. The molecular formula is C3H2AlNaO9. The molecule has 0 N–H and O–H groups in total. The molecule has 9 nitrogen and oxygen atoms in total.